The van der Waals surface area contributed by atoms with Gasteiger partial charge in [0.15, 0.2) is 5.92 Å². The Hall–Kier alpha value is -0.0400. The Labute approximate surface area is 101 Å². The SMILES string of the molecule is COC(=O)C(CC1SCCCS1)C(F)(F)F. The number of carbonyl (C=O) groups is 1. The summed E-state index contributed by atoms with van der Waals surface area (Å²) in [5.41, 5.74) is 0. The molecule has 0 saturated carbocycles. The molecular weight excluding hydrogens is 261 g/mol. The minimum Gasteiger partial charge on any atom is -0.469 e. The van der Waals surface area contributed by atoms with Gasteiger partial charge in [-0.1, -0.05) is 0 Å². The molecule has 1 unspecified atom stereocenters. The topological polar surface area (TPSA) is 26.3 Å². The summed E-state index contributed by atoms with van der Waals surface area (Å²) < 4.78 is 41.8. The van der Waals surface area contributed by atoms with Gasteiger partial charge in [0.05, 0.1) is 11.7 Å². The molecule has 1 saturated heterocycles. The van der Waals surface area contributed by atoms with E-state index in [-0.39, 0.29) is 11.0 Å². The highest BCUT2D eigenvalue weighted by molar-refractivity contribution is 8.17. The van der Waals surface area contributed by atoms with Crippen molar-refractivity contribution in [2.24, 2.45) is 5.92 Å². The van der Waals surface area contributed by atoms with Gasteiger partial charge in [0.1, 0.15) is 0 Å². The average Bonchev–Trinajstić information content (AvgIpc) is 2.25. The van der Waals surface area contributed by atoms with E-state index < -0.39 is 18.1 Å². The van der Waals surface area contributed by atoms with Crippen molar-refractivity contribution in [1.29, 1.82) is 0 Å². The summed E-state index contributed by atoms with van der Waals surface area (Å²) in [4.78, 5) is 11.1. The second-order valence-electron chi connectivity index (χ2n) is 3.38. The Morgan fingerprint density at radius 2 is 2.00 bits per heavy atom. The van der Waals surface area contributed by atoms with Crippen molar-refractivity contribution in [3.05, 3.63) is 0 Å². The van der Waals surface area contributed by atoms with Crippen LogP contribution < -0.4 is 0 Å². The predicted octanol–water partition coefficient (Wildman–Crippen LogP) is 2.92. The van der Waals surface area contributed by atoms with E-state index in [9.17, 15) is 18.0 Å². The van der Waals surface area contributed by atoms with Gasteiger partial charge in [0.25, 0.3) is 0 Å². The van der Waals surface area contributed by atoms with Crippen LogP contribution in [0, 0.1) is 5.92 Å². The number of esters is 1. The van der Waals surface area contributed by atoms with Gasteiger partial charge in [-0.3, -0.25) is 4.79 Å². The second kappa shape index (κ2) is 6.05. The van der Waals surface area contributed by atoms with E-state index in [4.69, 9.17) is 0 Å². The van der Waals surface area contributed by atoms with Crippen LogP contribution in [-0.4, -0.2) is 35.3 Å². The monoisotopic (exact) mass is 274 g/mol. The van der Waals surface area contributed by atoms with Crippen molar-refractivity contribution in [2.45, 2.75) is 23.6 Å². The first-order chi connectivity index (χ1) is 7.45. The van der Waals surface area contributed by atoms with Gasteiger partial charge in [0, 0.05) is 0 Å². The molecule has 0 aliphatic carbocycles. The van der Waals surface area contributed by atoms with Gasteiger partial charge in [0.2, 0.25) is 0 Å². The molecule has 2 nitrogen and oxygen atoms in total. The lowest BCUT2D eigenvalue weighted by Gasteiger charge is -2.25. The highest BCUT2D eigenvalue weighted by Crippen LogP contribution is 2.40. The van der Waals surface area contributed by atoms with E-state index in [1.165, 1.54) is 23.5 Å². The van der Waals surface area contributed by atoms with Crippen LogP contribution in [0.3, 0.4) is 0 Å². The molecule has 0 amide bonds. The van der Waals surface area contributed by atoms with E-state index in [0.29, 0.717) is 0 Å². The lowest BCUT2D eigenvalue weighted by Crippen LogP contribution is -2.34. The molecule has 0 bridgehead atoms. The third-order valence-electron chi connectivity index (χ3n) is 2.21. The zero-order valence-electron chi connectivity index (χ0n) is 8.75. The Morgan fingerprint density at radius 1 is 1.44 bits per heavy atom. The fraction of sp³-hybridized carbons (Fsp3) is 0.889. The summed E-state index contributed by atoms with van der Waals surface area (Å²) >= 11 is 2.98. The molecule has 0 N–H and O–H groups in total. The van der Waals surface area contributed by atoms with E-state index in [2.05, 4.69) is 4.74 Å². The van der Waals surface area contributed by atoms with Crippen LogP contribution in [0.5, 0.6) is 0 Å². The maximum Gasteiger partial charge on any atom is 0.402 e. The third-order valence-corrected chi connectivity index (χ3v) is 5.20. The summed E-state index contributed by atoms with van der Waals surface area (Å²) in [6.45, 7) is 0. The molecule has 1 aliphatic heterocycles. The number of alkyl halides is 3. The number of rotatable bonds is 3. The Balaban J connectivity index is 2.59. The molecule has 0 aromatic carbocycles. The highest BCUT2D eigenvalue weighted by atomic mass is 32.2. The average molecular weight is 274 g/mol. The minimum absolute atomic E-state index is 0.153. The molecule has 1 atom stereocenters. The van der Waals surface area contributed by atoms with Crippen LogP contribution in [0.1, 0.15) is 12.8 Å². The standard InChI is InChI=1S/C9H13F3O2S2/c1-14-8(13)6(9(10,11)12)5-7-15-3-2-4-16-7/h6-7H,2-5H2,1H3. The molecule has 16 heavy (non-hydrogen) atoms. The minimum atomic E-state index is -4.51. The van der Waals surface area contributed by atoms with Crippen LogP contribution in [0.15, 0.2) is 0 Å². The summed E-state index contributed by atoms with van der Waals surface area (Å²) in [5.74, 6) is -1.44. The quantitative estimate of drug-likeness (QED) is 0.739. The largest absolute Gasteiger partial charge is 0.469 e. The van der Waals surface area contributed by atoms with Gasteiger partial charge in [-0.25, -0.2) is 0 Å². The first kappa shape index (κ1) is 14.0. The number of carbonyl (C=O) groups excluding carboxylic acids is 1. The normalized spacial score (nSPS) is 20.5. The molecule has 1 aliphatic rings. The molecule has 1 heterocycles. The number of hydrogen-bond acceptors (Lipinski definition) is 4. The molecule has 0 aromatic heterocycles. The summed E-state index contributed by atoms with van der Waals surface area (Å²) in [5, 5.41) is 0. The molecule has 0 spiro atoms. The molecule has 94 valence electrons. The maximum absolute atomic E-state index is 12.6. The lowest BCUT2D eigenvalue weighted by atomic mass is 10.1. The molecule has 1 rings (SSSR count). The van der Waals surface area contributed by atoms with Gasteiger partial charge >= 0.3 is 12.1 Å². The number of methoxy groups -OCH3 is 1. The van der Waals surface area contributed by atoms with Gasteiger partial charge in [-0.15, -0.1) is 23.5 Å². The first-order valence-corrected chi connectivity index (χ1v) is 6.92. The smallest absolute Gasteiger partial charge is 0.402 e. The van der Waals surface area contributed by atoms with Crippen LogP contribution in [0.25, 0.3) is 0 Å². The van der Waals surface area contributed by atoms with Crippen molar-refractivity contribution in [3.63, 3.8) is 0 Å². The Morgan fingerprint density at radius 3 is 2.44 bits per heavy atom. The van der Waals surface area contributed by atoms with E-state index in [1.54, 1.807) is 0 Å². The van der Waals surface area contributed by atoms with Crippen LogP contribution in [0.4, 0.5) is 13.2 Å². The number of ether oxygens (including phenoxy) is 1. The number of halogens is 3. The fourth-order valence-corrected chi connectivity index (χ4v) is 4.32. The fourth-order valence-electron chi connectivity index (χ4n) is 1.37. The highest BCUT2D eigenvalue weighted by Gasteiger charge is 2.46. The second-order valence-corrected chi connectivity index (χ2v) is 6.30. The molecule has 0 radical (unpaired) electrons. The van der Waals surface area contributed by atoms with Crippen molar-refractivity contribution in [2.75, 3.05) is 18.6 Å². The van der Waals surface area contributed by atoms with Crippen molar-refractivity contribution in [1.82, 2.24) is 0 Å². The Kier molecular flexibility index (Phi) is 5.30. The predicted molar refractivity (Wildman–Crippen MR) is 59.5 cm³/mol. The molecule has 7 heteroatoms. The van der Waals surface area contributed by atoms with Crippen molar-refractivity contribution < 1.29 is 22.7 Å². The van der Waals surface area contributed by atoms with Crippen LogP contribution in [-0.2, 0) is 9.53 Å². The molecular formula is C9H13F3O2S2. The molecule has 0 aromatic rings. The van der Waals surface area contributed by atoms with E-state index >= 15 is 0 Å². The van der Waals surface area contributed by atoms with Gasteiger partial charge in [-0.05, 0) is 24.3 Å². The van der Waals surface area contributed by atoms with E-state index in [0.717, 1.165) is 25.0 Å². The Bertz CT molecular complexity index is 239. The van der Waals surface area contributed by atoms with Crippen molar-refractivity contribution in [3.8, 4) is 0 Å². The van der Waals surface area contributed by atoms with Crippen LogP contribution >= 0.6 is 23.5 Å². The number of hydrogen-bond donors (Lipinski definition) is 0. The summed E-state index contributed by atoms with van der Waals surface area (Å²) in [7, 11) is 0.988. The zero-order valence-corrected chi connectivity index (χ0v) is 10.4. The van der Waals surface area contributed by atoms with Gasteiger partial charge < -0.3 is 4.74 Å². The third kappa shape index (κ3) is 4.08. The summed E-state index contributed by atoms with van der Waals surface area (Å²) in [6, 6.07) is 0. The summed E-state index contributed by atoms with van der Waals surface area (Å²) in [6.07, 6.45) is -3.68. The van der Waals surface area contributed by atoms with Gasteiger partial charge in [-0.2, -0.15) is 13.2 Å². The number of thioether (sulfide) groups is 2. The van der Waals surface area contributed by atoms with E-state index in [1.807, 2.05) is 0 Å². The molecule has 1 fully saturated rings. The van der Waals surface area contributed by atoms with Crippen LogP contribution in [0.2, 0.25) is 0 Å². The van der Waals surface area contributed by atoms with Crippen molar-refractivity contribution >= 4 is 29.5 Å². The zero-order chi connectivity index (χ0) is 12.2. The first-order valence-electron chi connectivity index (χ1n) is 4.83. The lowest BCUT2D eigenvalue weighted by molar-refractivity contribution is -0.196. The maximum atomic E-state index is 12.6.